The summed E-state index contributed by atoms with van der Waals surface area (Å²) >= 11 is 0. The van der Waals surface area contributed by atoms with Crippen LogP contribution in [-0.4, -0.2) is 13.2 Å². The second-order valence-electron chi connectivity index (χ2n) is 6.32. The molecule has 25 heavy (non-hydrogen) atoms. The summed E-state index contributed by atoms with van der Waals surface area (Å²) in [6, 6.07) is 16.2. The highest BCUT2D eigenvalue weighted by molar-refractivity contribution is 5.85. The fraction of sp³-hybridized carbons (Fsp3) is 0.350. The number of fused-ring (bicyclic) bond motifs is 1. The van der Waals surface area contributed by atoms with Crippen LogP contribution in [0.2, 0.25) is 0 Å². The number of hydrogen-bond acceptors (Lipinski definition) is 4. The number of benzene rings is 2. The number of halogens is 1. The van der Waals surface area contributed by atoms with E-state index in [0.29, 0.717) is 31.2 Å². The molecule has 5 heteroatoms. The molecule has 2 aromatic carbocycles. The zero-order valence-corrected chi connectivity index (χ0v) is 15.3. The minimum atomic E-state index is 0. The predicted octanol–water partition coefficient (Wildman–Crippen LogP) is 4.24. The quantitative estimate of drug-likeness (QED) is 0.868. The summed E-state index contributed by atoms with van der Waals surface area (Å²) in [5, 5.41) is 12.6. The number of hydrogen-bond donors (Lipinski definition) is 1. The molecule has 0 aliphatic carbocycles. The Kier molecular flexibility index (Phi) is 6.69. The normalized spacial score (nSPS) is 13.7. The fourth-order valence-corrected chi connectivity index (χ4v) is 2.97. The lowest BCUT2D eigenvalue weighted by atomic mass is 9.95. The van der Waals surface area contributed by atoms with Gasteiger partial charge in [0.05, 0.1) is 11.6 Å². The van der Waals surface area contributed by atoms with Gasteiger partial charge in [-0.3, -0.25) is 0 Å². The maximum absolute atomic E-state index is 9.02. The van der Waals surface area contributed by atoms with Crippen molar-refractivity contribution in [1.82, 2.24) is 5.32 Å². The van der Waals surface area contributed by atoms with Gasteiger partial charge in [0, 0.05) is 12.6 Å². The van der Waals surface area contributed by atoms with Crippen LogP contribution >= 0.6 is 12.4 Å². The number of ether oxygens (including phenoxy) is 2. The third kappa shape index (κ3) is 4.66. The maximum atomic E-state index is 9.02. The molecule has 0 amide bonds. The molecule has 132 valence electrons. The van der Waals surface area contributed by atoms with Crippen LogP contribution in [0.3, 0.4) is 0 Å². The lowest BCUT2D eigenvalue weighted by Crippen LogP contribution is -2.26. The van der Waals surface area contributed by atoms with E-state index in [1.54, 1.807) is 0 Å². The van der Waals surface area contributed by atoms with Crippen molar-refractivity contribution in [2.24, 2.45) is 5.92 Å². The molecule has 1 aliphatic rings. The van der Waals surface area contributed by atoms with Gasteiger partial charge in [0.2, 0.25) is 0 Å². The average Bonchev–Trinajstić information content (AvgIpc) is 2.61. The molecule has 0 radical (unpaired) electrons. The third-order valence-electron chi connectivity index (χ3n) is 4.17. The van der Waals surface area contributed by atoms with Crippen LogP contribution in [0, 0.1) is 17.2 Å². The molecular weight excluding hydrogens is 336 g/mol. The van der Waals surface area contributed by atoms with Gasteiger partial charge in [-0.05, 0) is 41.3 Å². The van der Waals surface area contributed by atoms with E-state index in [9.17, 15) is 0 Å². The van der Waals surface area contributed by atoms with Crippen molar-refractivity contribution in [3.63, 3.8) is 0 Å². The van der Waals surface area contributed by atoms with Crippen molar-refractivity contribution in [3.8, 4) is 17.6 Å². The topological polar surface area (TPSA) is 54.3 Å². The Morgan fingerprint density at radius 3 is 2.56 bits per heavy atom. The van der Waals surface area contributed by atoms with Crippen molar-refractivity contribution >= 4 is 12.4 Å². The number of nitriles is 1. The first-order chi connectivity index (χ1) is 11.7. The summed E-state index contributed by atoms with van der Waals surface area (Å²) in [5.41, 5.74) is 2.98. The molecule has 1 atom stereocenters. The summed E-state index contributed by atoms with van der Waals surface area (Å²) in [5.74, 6) is 2.05. The zero-order valence-electron chi connectivity index (χ0n) is 14.5. The van der Waals surface area contributed by atoms with Crippen molar-refractivity contribution in [1.29, 1.82) is 5.26 Å². The lowest BCUT2D eigenvalue weighted by Gasteiger charge is -2.25. The van der Waals surface area contributed by atoms with E-state index < -0.39 is 0 Å². The summed E-state index contributed by atoms with van der Waals surface area (Å²) in [6.07, 6.45) is 0. The minimum absolute atomic E-state index is 0. The number of nitrogens with one attached hydrogen (secondary N) is 1. The maximum Gasteiger partial charge on any atom is 0.161 e. The largest absolute Gasteiger partial charge is 0.486 e. The second kappa shape index (κ2) is 8.75. The Hall–Kier alpha value is -2.22. The van der Waals surface area contributed by atoms with E-state index in [1.807, 2.05) is 30.3 Å². The smallest absolute Gasteiger partial charge is 0.161 e. The van der Waals surface area contributed by atoms with Crippen LogP contribution in [0.15, 0.2) is 42.5 Å². The molecule has 0 aromatic heterocycles. The molecule has 0 saturated carbocycles. The molecule has 3 rings (SSSR count). The lowest BCUT2D eigenvalue weighted by molar-refractivity contribution is 0.171. The first-order valence-corrected chi connectivity index (χ1v) is 8.29. The van der Waals surface area contributed by atoms with Crippen LogP contribution in [-0.2, 0) is 6.54 Å². The molecule has 0 bridgehead atoms. The molecule has 1 unspecified atom stereocenters. The van der Waals surface area contributed by atoms with Crippen molar-refractivity contribution in [2.45, 2.75) is 26.4 Å². The summed E-state index contributed by atoms with van der Waals surface area (Å²) in [4.78, 5) is 0. The van der Waals surface area contributed by atoms with Gasteiger partial charge >= 0.3 is 0 Å². The molecule has 1 heterocycles. The van der Waals surface area contributed by atoms with Gasteiger partial charge < -0.3 is 14.8 Å². The Morgan fingerprint density at radius 1 is 1.08 bits per heavy atom. The standard InChI is InChI=1S/C20H22N2O2.ClH/c1-14(2)20(22-13-16-5-3-4-15(10-16)12-21)17-6-7-18-19(11-17)24-9-8-23-18;/h3-7,10-11,14,20,22H,8-9,13H2,1-2H3;1H. The minimum Gasteiger partial charge on any atom is -0.486 e. The molecule has 1 N–H and O–H groups in total. The van der Waals surface area contributed by atoms with Gasteiger partial charge in [-0.15, -0.1) is 12.4 Å². The molecule has 0 spiro atoms. The predicted molar refractivity (Wildman–Crippen MR) is 100 cm³/mol. The Balaban J connectivity index is 0.00000225. The van der Waals surface area contributed by atoms with Gasteiger partial charge in [-0.25, -0.2) is 0 Å². The van der Waals surface area contributed by atoms with Crippen molar-refractivity contribution in [2.75, 3.05) is 13.2 Å². The highest BCUT2D eigenvalue weighted by Gasteiger charge is 2.19. The Morgan fingerprint density at radius 2 is 1.84 bits per heavy atom. The average molecular weight is 359 g/mol. The first kappa shape index (κ1) is 19.1. The molecule has 2 aromatic rings. The second-order valence-corrected chi connectivity index (χ2v) is 6.32. The first-order valence-electron chi connectivity index (χ1n) is 8.29. The van der Waals surface area contributed by atoms with E-state index in [1.165, 1.54) is 5.56 Å². The van der Waals surface area contributed by atoms with Crippen molar-refractivity contribution in [3.05, 3.63) is 59.2 Å². The summed E-state index contributed by atoms with van der Waals surface area (Å²) in [7, 11) is 0. The number of nitrogens with zero attached hydrogens (tertiary/aromatic N) is 1. The van der Waals surface area contributed by atoms with Gasteiger partial charge in [-0.1, -0.05) is 32.0 Å². The van der Waals surface area contributed by atoms with Gasteiger partial charge in [0.25, 0.3) is 0 Å². The molecule has 0 saturated heterocycles. The Labute approximate surface area is 155 Å². The van der Waals surface area contributed by atoms with Crippen LogP contribution < -0.4 is 14.8 Å². The summed E-state index contributed by atoms with van der Waals surface area (Å²) < 4.78 is 11.3. The van der Waals surface area contributed by atoms with E-state index >= 15 is 0 Å². The molecule has 1 aliphatic heterocycles. The van der Waals surface area contributed by atoms with Gasteiger partial charge in [-0.2, -0.15) is 5.26 Å². The SMILES string of the molecule is CC(C)C(NCc1cccc(C#N)c1)c1ccc2c(c1)OCCO2.Cl. The van der Waals surface area contributed by atoms with Crippen LogP contribution in [0.1, 0.15) is 36.6 Å². The van der Waals surface area contributed by atoms with E-state index in [2.05, 4.69) is 37.4 Å². The van der Waals surface area contributed by atoms with Crippen LogP contribution in [0.4, 0.5) is 0 Å². The van der Waals surface area contributed by atoms with Crippen LogP contribution in [0.25, 0.3) is 0 Å². The monoisotopic (exact) mass is 358 g/mol. The highest BCUT2D eigenvalue weighted by Crippen LogP contribution is 2.34. The van der Waals surface area contributed by atoms with E-state index in [-0.39, 0.29) is 18.4 Å². The van der Waals surface area contributed by atoms with Gasteiger partial charge in [0.1, 0.15) is 13.2 Å². The third-order valence-corrected chi connectivity index (χ3v) is 4.17. The van der Waals surface area contributed by atoms with Crippen molar-refractivity contribution < 1.29 is 9.47 Å². The zero-order chi connectivity index (χ0) is 16.9. The van der Waals surface area contributed by atoms with E-state index in [4.69, 9.17) is 14.7 Å². The Bertz CT molecular complexity index is 756. The number of rotatable bonds is 5. The van der Waals surface area contributed by atoms with Crippen LogP contribution in [0.5, 0.6) is 11.5 Å². The fourth-order valence-electron chi connectivity index (χ4n) is 2.97. The highest BCUT2D eigenvalue weighted by atomic mass is 35.5. The molecule has 0 fully saturated rings. The molecule has 4 nitrogen and oxygen atoms in total. The summed E-state index contributed by atoms with van der Waals surface area (Å²) in [6.45, 7) is 6.30. The molecular formula is C20H23ClN2O2. The van der Waals surface area contributed by atoms with Gasteiger partial charge in [0.15, 0.2) is 11.5 Å². The van der Waals surface area contributed by atoms with E-state index in [0.717, 1.165) is 17.1 Å².